The van der Waals surface area contributed by atoms with Gasteiger partial charge in [-0.25, -0.2) is 0 Å². The Morgan fingerprint density at radius 3 is 1.91 bits per heavy atom. The molecule has 1 aromatic rings. The van der Waals surface area contributed by atoms with Crippen molar-refractivity contribution >= 4 is 5.69 Å². The molecule has 0 aliphatic heterocycles. The van der Waals surface area contributed by atoms with Crippen molar-refractivity contribution < 1.29 is 0 Å². The fourth-order valence-electron chi connectivity index (χ4n) is 1.46. The van der Waals surface area contributed by atoms with E-state index in [2.05, 4.69) is 45.3 Å². The molecule has 0 aliphatic rings. The summed E-state index contributed by atoms with van der Waals surface area (Å²) in [6.07, 6.45) is 0. The van der Waals surface area contributed by atoms with E-state index >= 15 is 0 Å². The lowest BCUT2D eigenvalue weighted by Crippen LogP contribution is -1.93. The first-order chi connectivity index (χ1) is 5.15. The number of hydrogen-bond donors (Lipinski definition) is 1. The van der Waals surface area contributed by atoms with Gasteiger partial charge in [-0.15, -0.1) is 0 Å². The van der Waals surface area contributed by atoms with Crippen LogP contribution in [0.2, 0.25) is 0 Å². The second kappa shape index (κ2) is 2.95. The summed E-state index contributed by atoms with van der Waals surface area (Å²) in [5.74, 6) is 0. The number of aryl methyl sites for hydroxylation is 3. The highest BCUT2D eigenvalue weighted by Crippen LogP contribution is 2.20. The van der Waals surface area contributed by atoms with Crippen molar-refractivity contribution in [2.24, 2.45) is 0 Å². The van der Waals surface area contributed by atoms with E-state index in [1.54, 1.807) is 0 Å². The average Bonchev–Trinajstić information content (AvgIpc) is 1.85. The Morgan fingerprint density at radius 1 is 1.09 bits per heavy atom. The third-order valence-electron chi connectivity index (χ3n) is 1.85. The van der Waals surface area contributed by atoms with E-state index in [1.165, 1.54) is 16.7 Å². The summed E-state index contributed by atoms with van der Waals surface area (Å²) in [6.45, 7) is 6.29. The van der Waals surface area contributed by atoms with Crippen molar-refractivity contribution in [3.8, 4) is 0 Å². The van der Waals surface area contributed by atoms with Gasteiger partial charge >= 0.3 is 0 Å². The van der Waals surface area contributed by atoms with E-state index in [4.69, 9.17) is 0 Å². The number of anilines is 1. The minimum absolute atomic E-state index is 1.15. The van der Waals surface area contributed by atoms with Gasteiger partial charge in [0.25, 0.3) is 0 Å². The zero-order valence-corrected chi connectivity index (χ0v) is 7.36. The van der Waals surface area contributed by atoms with E-state index in [-0.39, 0.29) is 0 Å². The maximum atomic E-state index is 3.66. The molecule has 1 N–H and O–H groups in total. The van der Waals surface area contributed by atoms with Crippen LogP contribution in [0.3, 0.4) is 0 Å². The molecule has 0 saturated carbocycles. The number of hydrogen-bond acceptors (Lipinski definition) is 1. The Bertz CT molecular complexity index is 241. The van der Waals surface area contributed by atoms with Crippen LogP contribution in [0.5, 0.6) is 0 Å². The van der Waals surface area contributed by atoms with E-state index < -0.39 is 0 Å². The molecule has 1 rings (SSSR count). The Kier molecular flexibility index (Phi) is 2.18. The molecule has 1 heteroatoms. The second-order valence-corrected chi connectivity index (χ2v) is 2.95. The lowest BCUT2D eigenvalue weighted by atomic mass is 10.1. The molecule has 11 heavy (non-hydrogen) atoms. The molecule has 0 heterocycles. The van der Waals surface area contributed by atoms with Gasteiger partial charge in [0.2, 0.25) is 0 Å². The van der Waals surface area contributed by atoms with Gasteiger partial charge in [-0.3, -0.25) is 0 Å². The normalized spacial score (nSPS) is 9.82. The summed E-state index contributed by atoms with van der Waals surface area (Å²) in [5.41, 5.74) is 4.98. The maximum absolute atomic E-state index is 3.66. The molecule has 0 amide bonds. The third kappa shape index (κ3) is 1.53. The van der Waals surface area contributed by atoms with Gasteiger partial charge in [0, 0.05) is 12.7 Å². The molecule has 0 spiro atoms. The molecule has 59 valence electrons. The van der Waals surface area contributed by atoms with E-state index in [0.717, 1.165) is 5.69 Å². The molecule has 1 radical (unpaired) electrons. The molecule has 0 fully saturated rings. The molecular weight excluding hydrogens is 134 g/mol. The van der Waals surface area contributed by atoms with Crippen LogP contribution in [-0.4, -0.2) is 0 Å². The quantitative estimate of drug-likeness (QED) is 0.645. The van der Waals surface area contributed by atoms with Crippen LogP contribution in [-0.2, 0) is 0 Å². The Morgan fingerprint density at radius 2 is 1.55 bits per heavy atom. The predicted molar refractivity (Wildman–Crippen MR) is 49.6 cm³/mol. The highest BCUT2D eigenvalue weighted by atomic mass is 14.8. The molecular formula is C10H14N. The number of rotatable bonds is 1. The number of nitrogens with one attached hydrogen (secondary N) is 1. The first-order valence-corrected chi connectivity index (χ1v) is 3.76. The maximum Gasteiger partial charge on any atom is 0.0400 e. The Labute approximate surface area is 68.4 Å². The van der Waals surface area contributed by atoms with Gasteiger partial charge in [-0.05, 0) is 31.9 Å². The highest BCUT2D eigenvalue weighted by molar-refractivity contribution is 5.58. The first kappa shape index (κ1) is 8.12. The van der Waals surface area contributed by atoms with Crippen molar-refractivity contribution in [3.05, 3.63) is 35.9 Å². The second-order valence-electron chi connectivity index (χ2n) is 2.95. The standard InChI is InChI=1S/C10H14N/c1-7-5-8(2)10(11-4)9(3)6-7/h5-6,11H,4H2,1-3H3. The summed E-state index contributed by atoms with van der Waals surface area (Å²) >= 11 is 0. The minimum atomic E-state index is 1.15. The van der Waals surface area contributed by atoms with Crippen molar-refractivity contribution in [1.82, 2.24) is 0 Å². The van der Waals surface area contributed by atoms with Gasteiger partial charge < -0.3 is 5.32 Å². The molecule has 0 aromatic heterocycles. The highest BCUT2D eigenvalue weighted by Gasteiger charge is 1.99. The van der Waals surface area contributed by atoms with Crippen LogP contribution >= 0.6 is 0 Å². The summed E-state index contributed by atoms with van der Waals surface area (Å²) in [4.78, 5) is 0. The molecule has 0 atom stereocenters. The van der Waals surface area contributed by atoms with Crippen LogP contribution in [0.25, 0.3) is 0 Å². The van der Waals surface area contributed by atoms with E-state index in [9.17, 15) is 0 Å². The lowest BCUT2D eigenvalue weighted by molar-refractivity contribution is 1.31. The fourth-order valence-corrected chi connectivity index (χ4v) is 1.46. The van der Waals surface area contributed by atoms with Crippen LogP contribution in [0.15, 0.2) is 12.1 Å². The van der Waals surface area contributed by atoms with E-state index in [1.807, 2.05) is 0 Å². The van der Waals surface area contributed by atoms with Crippen molar-refractivity contribution in [1.29, 1.82) is 0 Å². The average molecular weight is 148 g/mol. The van der Waals surface area contributed by atoms with E-state index in [0.29, 0.717) is 0 Å². The monoisotopic (exact) mass is 148 g/mol. The zero-order chi connectivity index (χ0) is 8.43. The van der Waals surface area contributed by atoms with Gasteiger partial charge in [0.15, 0.2) is 0 Å². The van der Waals surface area contributed by atoms with Crippen LogP contribution in [0.4, 0.5) is 5.69 Å². The first-order valence-electron chi connectivity index (χ1n) is 3.76. The van der Waals surface area contributed by atoms with Crippen molar-refractivity contribution in [3.63, 3.8) is 0 Å². The molecule has 1 aromatic carbocycles. The molecule has 0 aliphatic carbocycles. The molecule has 0 saturated heterocycles. The largest absolute Gasteiger partial charge is 0.383 e. The lowest BCUT2D eigenvalue weighted by Gasteiger charge is -2.09. The topological polar surface area (TPSA) is 12.0 Å². The van der Waals surface area contributed by atoms with Crippen LogP contribution < -0.4 is 5.32 Å². The molecule has 0 bridgehead atoms. The Hall–Kier alpha value is -0.980. The fraction of sp³-hybridized carbons (Fsp3) is 0.300. The van der Waals surface area contributed by atoms with Gasteiger partial charge in [0.05, 0.1) is 0 Å². The predicted octanol–water partition coefficient (Wildman–Crippen LogP) is 2.82. The smallest absolute Gasteiger partial charge is 0.0400 e. The summed E-state index contributed by atoms with van der Waals surface area (Å²) in [6, 6.07) is 4.31. The molecule has 0 unspecified atom stereocenters. The summed E-state index contributed by atoms with van der Waals surface area (Å²) in [7, 11) is 3.66. The SMILES string of the molecule is [CH2]Nc1c(C)cc(C)cc1C. The Balaban J connectivity index is 3.25. The van der Waals surface area contributed by atoms with Gasteiger partial charge in [-0.2, -0.15) is 0 Å². The van der Waals surface area contributed by atoms with Gasteiger partial charge in [-0.1, -0.05) is 17.7 Å². The van der Waals surface area contributed by atoms with Crippen LogP contribution in [0.1, 0.15) is 16.7 Å². The van der Waals surface area contributed by atoms with Crippen molar-refractivity contribution in [2.45, 2.75) is 20.8 Å². The number of benzene rings is 1. The van der Waals surface area contributed by atoms with Crippen LogP contribution in [0, 0.1) is 27.8 Å². The third-order valence-corrected chi connectivity index (χ3v) is 1.85. The molecule has 1 nitrogen and oxygen atoms in total. The van der Waals surface area contributed by atoms with Gasteiger partial charge in [0.1, 0.15) is 0 Å². The zero-order valence-electron chi connectivity index (χ0n) is 7.36. The minimum Gasteiger partial charge on any atom is -0.383 e. The van der Waals surface area contributed by atoms with Crippen molar-refractivity contribution in [2.75, 3.05) is 5.32 Å². The summed E-state index contributed by atoms with van der Waals surface area (Å²) < 4.78 is 0. The summed E-state index contributed by atoms with van der Waals surface area (Å²) in [5, 5.41) is 2.94.